The Bertz CT molecular complexity index is 363. The van der Waals surface area contributed by atoms with E-state index in [-0.39, 0.29) is 0 Å². The van der Waals surface area contributed by atoms with Gasteiger partial charge in [0.25, 0.3) is 0 Å². The lowest BCUT2D eigenvalue weighted by atomic mass is 10.1. The first-order valence-electron chi connectivity index (χ1n) is 4.82. The Morgan fingerprint density at radius 1 is 1.20 bits per heavy atom. The second-order valence-electron chi connectivity index (χ2n) is 3.95. The molecule has 0 nitrogen and oxygen atoms in total. The van der Waals surface area contributed by atoms with E-state index in [0.29, 0.717) is 24.0 Å². The van der Waals surface area contributed by atoms with E-state index < -0.39 is 17.6 Å². The zero-order valence-electron chi connectivity index (χ0n) is 7.94. The summed E-state index contributed by atoms with van der Waals surface area (Å²) >= 11 is 0. The molecule has 0 amide bonds. The third kappa shape index (κ3) is 2.49. The second kappa shape index (κ2) is 3.51. The SMILES string of the molecule is Fc1cc(C(F)(F)F)ccc1CC1CC1. The van der Waals surface area contributed by atoms with Gasteiger partial charge < -0.3 is 0 Å². The summed E-state index contributed by atoms with van der Waals surface area (Å²) in [4.78, 5) is 0. The molecule has 0 radical (unpaired) electrons. The van der Waals surface area contributed by atoms with Crippen LogP contribution >= 0.6 is 0 Å². The van der Waals surface area contributed by atoms with E-state index >= 15 is 0 Å². The minimum atomic E-state index is -4.46. The quantitative estimate of drug-likeness (QED) is 0.662. The summed E-state index contributed by atoms with van der Waals surface area (Å²) in [6, 6.07) is 2.77. The molecule has 15 heavy (non-hydrogen) atoms. The molecule has 0 aromatic heterocycles. The van der Waals surface area contributed by atoms with Gasteiger partial charge in [0.1, 0.15) is 5.82 Å². The average molecular weight is 218 g/mol. The molecule has 2 rings (SSSR count). The Morgan fingerprint density at radius 3 is 2.33 bits per heavy atom. The van der Waals surface area contributed by atoms with Gasteiger partial charge in [0.2, 0.25) is 0 Å². The van der Waals surface area contributed by atoms with Crippen LogP contribution in [0.2, 0.25) is 0 Å². The third-order valence-corrected chi connectivity index (χ3v) is 2.59. The first kappa shape index (κ1) is 10.5. The van der Waals surface area contributed by atoms with Crippen molar-refractivity contribution in [3.63, 3.8) is 0 Å². The molecule has 0 aliphatic heterocycles. The van der Waals surface area contributed by atoms with Gasteiger partial charge in [-0.05, 0) is 42.9 Å². The maximum Gasteiger partial charge on any atom is 0.416 e. The lowest BCUT2D eigenvalue weighted by molar-refractivity contribution is -0.137. The smallest absolute Gasteiger partial charge is 0.207 e. The van der Waals surface area contributed by atoms with Crippen LogP contribution in [-0.4, -0.2) is 0 Å². The highest BCUT2D eigenvalue weighted by molar-refractivity contribution is 5.27. The Kier molecular flexibility index (Phi) is 2.44. The molecule has 1 aliphatic rings. The summed E-state index contributed by atoms with van der Waals surface area (Å²) in [6.45, 7) is 0. The summed E-state index contributed by atoms with van der Waals surface area (Å²) in [5, 5.41) is 0. The first-order valence-corrected chi connectivity index (χ1v) is 4.82. The van der Waals surface area contributed by atoms with E-state index in [1.54, 1.807) is 0 Å². The Balaban J connectivity index is 2.21. The van der Waals surface area contributed by atoms with Crippen molar-refractivity contribution in [2.75, 3.05) is 0 Å². The van der Waals surface area contributed by atoms with Crippen molar-refractivity contribution >= 4 is 0 Å². The van der Waals surface area contributed by atoms with Crippen molar-refractivity contribution in [3.05, 3.63) is 35.1 Å². The van der Waals surface area contributed by atoms with E-state index in [2.05, 4.69) is 0 Å². The average Bonchev–Trinajstić information content (AvgIpc) is 2.90. The topological polar surface area (TPSA) is 0 Å². The van der Waals surface area contributed by atoms with Crippen LogP contribution in [0.4, 0.5) is 17.6 Å². The van der Waals surface area contributed by atoms with Crippen molar-refractivity contribution < 1.29 is 17.6 Å². The fraction of sp³-hybridized carbons (Fsp3) is 0.455. The van der Waals surface area contributed by atoms with E-state index in [4.69, 9.17) is 0 Å². The lowest BCUT2D eigenvalue weighted by Gasteiger charge is -2.08. The summed E-state index contributed by atoms with van der Waals surface area (Å²) in [6.07, 6.45) is -1.79. The molecule has 0 atom stereocenters. The molecule has 0 unspecified atom stereocenters. The number of benzene rings is 1. The molecule has 1 aliphatic carbocycles. The molecule has 82 valence electrons. The summed E-state index contributed by atoms with van der Waals surface area (Å²) in [5.74, 6) is -0.270. The van der Waals surface area contributed by atoms with Gasteiger partial charge in [0.05, 0.1) is 5.56 Å². The van der Waals surface area contributed by atoms with E-state index in [0.717, 1.165) is 18.9 Å². The molecule has 0 saturated heterocycles. The Hall–Kier alpha value is -1.06. The van der Waals surface area contributed by atoms with Gasteiger partial charge in [0.15, 0.2) is 0 Å². The highest BCUT2D eigenvalue weighted by Gasteiger charge is 2.31. The molecule has 1 saturated carbocycles. The highest BCUT2D eigenvalue weighted by atomic mass is 19.4. The van der Waals surface area contributed by atoms with Crippen LogP contribution in [-0.2, 0) is 12.6 Å². The number of rotatable bonds is 2. The van der Waals surface area contributed by atoms with Gasteiger partial charge in [-0.2, -0.15) is 13.2 Å². The summed E-state index contributed by atoms with van der Waals surface area (Å²) in [5.41, 5.74) is -0.523. The van der Waals surface area contributed by atoms with Crippen molar-refractivity contribution in [2.24, 2.45) is 5.92 Å². The lowest BCUT2D eigenvalue weighted by Crippen LogP contribution is -2.06. The third-order valence-electron chi connectivity index (χ3n) is 2.59. The predicted octanol–water partition coefficient (Wildman–Crippen LogP) is 3.80. The van der Waals surface area contributed by atoms with Crippen LogP contribution in [0.1, 0.15) is 24.0 Å². The van der Waals surface area contributed by atoms with Crippen LogP contribution in [0, 0.1) is 11.7 Å². The number of hydrogen-bond acceptors (Lipinski definition) is 0. The van der Waals surface area contributed by atoms with Crippen molar-refractivity contribution in [1.29, 1.82) is 0 Å². The van der Waals surface area contributed by atoms with Gasteiger partial charge >= 0.3 is 6.18 Å². The normalized spacial score (nSPS) is 16.8. The van der Waals surface area contributed by atoms with Gasteiger partial charge in [-0.25, -0.2) is 4.39 Å². The molecule has 0 spiro atoms. The predicted molar refractivity (Wildman–Crippen MR) is 47.8 cm³/mol. The van der Waals surface area contributed by atoms with E-state index in [9.17, 15) is 17.6 Å². The number of halogens is 4. The monoisotopic (exact) mass is 218 g/mol. The molecular formula is C11H10F4. The summed E-state index contributed by atoms with van der Waals surface area (Å²) < 4.78 is 49.9. The minimum Gasteiger partial charge on any atom is -0.207 e. The van der Waals surface area contributed by atoms with E-state index in [1.807, 2.05) is 0 Å². The fourth-order valence-corrected chi connectivity index (χ4v) is 1.52. The molecular weight excluding hydrogens is 208 g/mol. The number of alkyl halides is 3. The molecule has 0 heterocycles. The molecule has 0 N–H and O–H groups in total. The van der Waals surface area contributed by atoms with Crippen LogP contribution in [0.15, 0.2) is 18.2 Å². The van der Waals surface area contributed by atoms with Gasteiger partial charge in [0, 0.05) is 0 Å². The summed E-state index contributed by atoms with van der Waals surface area (Å²) in [7, 11) is 0. The Morgan fingerprint density at radius 2 is 1.87 bits per heavy atom. The molecule has 0 bridgehead atoms. The molecule has 1 aromatic rings. The van der Waals surface area contributed by atoms with Crippen LogP contribution < -0.4 is 0 Å². The highest BCUT2D eigenvalue weighted by Crippen LogP contribution is 2.35. The molecule has 4 heteroatoms. The largest absolute Gasteiger partial charge is 0.416 e. The standard InChI is InChI=1S/C11H10F4/c12-10-6-9(11(13,14)15)4-3-8(10)5-7-1-2-7/h3-4,6-7H,1-2,5H2. The van der Waals surface area contributed by atoms with Crippen LogP contribution in [0.3, 0.4) is 0 Å². The first-order chi connectivity index (χ1) is 6.97. The fourth-order valence-electron chi connectivity index (χ4n) is 1.52. The minimum absolute atomic E-state index is 0.394. The maximum atomic E-state index is 13.3. The van der Waals surface area contributed by atoms with Crippen molar-refractivity contribution in [1.82, 2.24) is 0 Å². The second-order valence-corrected chi connectivity index (χ2v) is 3.95. The van der Waals surface area contributed by atoms with E-state index in [1.165, 1.54) is 6.07 Å². The Labute approximate surface area is 84.9 Å². The van der Waals surface area contributed by atoms with Gasteiger partial charge in [-0.15, -0.1) is 0 Å². The maximum absolute atomic E-state index is 13.3. The zero-order chi connectivity index (χ0) is 11.1. The molecule has 1 aromatic carbocycles. The molecule has 1 fully saturated rings. The zero-order valence-corrected chi connectivity index (χ0v) is 7.94. The number of hydrogen-bond donors (Lipinski definition) is 0. The van der Waals surface area contributed by atoms with Crippen molar-refractivity contribution in [2.45, 2.75) is 25.4 Å². The van der Waals surface area contributed by atoms with Crippen LogP contribution in [0.25, 0.3) is 0 Å². The van der Waals surface area contributed by atoms with Crippen molar-refractivity contribution in [3.8, 4) is 0 Å². The van der Waals surface area contributed by atoms with Gasteiger partial charge in [-0.3, -0.25) is 0 Å². The van der Waals surface area contributed by atoms with Crippen LogP contribution in [0.5, 0.6) is 0 Å². The van der Waals surface area contributed by atoms with Gasteiger partial charge in [-0.1, -0.05) is 6.07 Å².